The topological polar surface area (TPSA) is 42.2 Å². The average molecular weight is 298 g/mol. The summed E-state index contributed by atoms with van der Waals surface area (Å²) in [7, 11) is 0. The molecule has 0 aliphatic carbocycles. The number of hydrogen-bond acceptors (Lipinski definition) is 2. The minimum absolute atomic E-state index is 0.0590. The predicted octanol–water partition coefficient (Wildman–Crippen LogP) is 3.95. The van der Waals surface area contributed by atoms with Crippen LogP contribution in [0.25, 0.3) is 0 Å². The van der Waals surface area contributed by atoms with Gasteiger partial charge in [0.25, 0.3) is 5.91 Å². The van der Waals surface area contributed by atoms with Crippen LogP contribution in [-0.2, 0) is 6.42 Å². The van der Waals surface area contributed by atoms with E-state index < -0.39 is 0 Å². The van der Waals surface area contributed by atoms with Crippen LogP contribution in [0.15, 0.2) is 40.8 Å². The van der Waals surface area contributed by atoms with E-state index in [4.69, 9.17) is 27.6 Å². The predicted molar refractivity (Wildman–Crippen MR) is 75.8 cm³/mol. The van der Waals surface area contributed by atoms with Crippen molar-refractivity contribution in [3.63, 3.8) is 0 Å². The fraction of sp³-hybridized carbons (Fsp3) is 0.214. The quantitative estimate of drug-likeness (QED) is 0.928. The molecule has 0 bridgehead atoms. The first-order valence-corrected chi connectivity index (χ1v) is 6.61. The Morgan fingerprint density at radius 3 is 2.63 bits per heavy atom. The second-order valence-electron chi connectivity index (χ2n) is 4.27. The van der Waals surface area contributed by atoms with Gasteiger partial charge in [0.1, 0.15) is 0 Å². The standard InChI is InChI=1S/C14H13Cl2NO2/c1-9(8-10-4-2-3-5-11(10)15)17-14(18)12-6-7-13(16)19-12/h2-7,9H,8H2,1H3,(H,17,18). The highest BCUT2D eigenvalue weighted by Gasteiger charge is 2.14. The molecule has 100 valence electrons. The molecule has 2 rings (SSSR count). The van der Waals surface area contributed by atoms with Crippen molar-refractivity contribution < 1.29 is 9.21 Å². The molecular formula is C14H13Cl2NO2. The monoisotopic (exact) mass is 297 g/mol. The molecule has 0 radical (unpaired) electrons. The maximum absolute atomic E-state index is 11.8. The summed E-state index contributed by atoms with van der Waals surface area (Å²) in [5.74, 6) is -0.0811. The van der Waals surface area contributed by atoms with Crippen LogP contribution in [0.4, 0.5) is 0 Å². The molecule has 3 nitrogen and oxygen atoms in total. The normalized spacial score (nSPS) is 12.2. The Balaban J connectivity index is 1.96. The van der Waals surface area contributed by atoms with Crippen LogP contribution in [0, 0.1) is 0 Å². The molecule has 0 saturated heterocycles. The van der Waals surface area contributed by atoms with E-state index in [-0.39, 0.29) is 22.9 Å². The lowest BCUT2D eigenvalue weighted by atomic mass is 10.1. The Morgan fingerprint density at radius 2 is 2.00 bits per heavy atom. The Bertz CT molecular complexity index is 580. The summed E-state index contributed by atoms with van der Waals surface area (Å²) in [4.78, 5) is 11.8. The molecule has 0 aliphatic rings. The lowest BCUT2D eigenvalue weighted by molar-refractivity contribution is 0.0912. The second-order valence-corrected chi connectivity index (χ2v) is 5.05. The van der Waals surface area contributed by atoms with Gasteiger partial charge in [0.2, 0.25) is 0 Å². The summed E-state index contributed by atoms with van der Waals surface area (Å²) in [6.07, 6.45) is 0.653. The van der Waals surface area contributed by atoms with Gasteiger partial charge in [0, 0.05) is 11.1 Å². The van der Waals surface area contributed by atoms with Gasteiger partial charge in [-0.15, -0.1) is 0 Å². The first-order valence-electron chi connectivity index (χ1n) is 5.86. The lowest BCUT2D eigenvalue weighted by Gasteiger charge is -2.13. The number of carbonyl (C=O) groups excluding carboxylic acids is 1. The molecule has 1 N–H and O–H groups in total. The maximum Gasteiger partial charge on any atom is 0.287 e. The van der Waals surface area contributed by atoms with Gasteiger partial charge in [-0.3, -0.25) is 4.79 Å². The van der Waals surface area contributed by atoms with Gasteiger partial charge in [-0.25, -0.2) is 0 Å². The number of amides is 1. The highest BCUT2D eigenvalue weighted by Crippen LogP contribution is 2.17. The molecule has 1 heterocycles. The highest BCUT2D eigenvalue weighted by molar-refractivity contribution is 6.31. The van der Waals surface area contributed by atoms with Gasteiger partial charge in [-0.2, -0.15) is 0 Å². The summed E-state index contributed by atoms with van der Waals surface area (Å²) < 4.78 is 5.05. The van der Waals surface area contributed by atoms with Crippen molar-refractivity contribution in [1.82, 2.24) is 5.32 Å². The summed E-state index contributed by atoms with van der Waals surface area (Å²) >= 11 is 11.7. The van der Waals surface area contributed by atoms with Gasteiger partial charge in [-0.05, 0) is 48.7 Å². The molecule has 1 unspecified atom stereocenters. The minimum atomic E-state index is -0.286. The molecule has 0 fully saturated rings. The number of rotatable bonds is 4. The molecule has 1 aromatic carbocycles. The van der Waals surface area contributed by atoms with Gasteiger partial charge < -0.3 is 9.73 Å². The van der Waals surface area contributed by atoms with Gasteiger partial charge in [-0.1, -0.05) is 29.8 Å². The molecule has 1 amide bonds. The minimum Gasteiger partial charge on any atom is -0.440 e. The molecule has 0 saturated carbocycles. The zero-order chi connectivity index (χ0) is 13.8. The van der Waals surface area contributed by atoms with Crippen LogP contribution < -0.4 is 5.32 Å². The van der Waals surface area contributed by atoms with Crippen molar-refractivity contribution in [2.45, 2.75) is 19.4 Å². The Hall–Kier alpha value is -1.45. The summed E-state index contributed by atoms with van der Waals surface area (Å²) in [5.41, 5.74) is 0.995. The van der Waals surface area contributed by atoms with E-state index in [1.165, 1.54) is 6.07 Å². The van der Waals surface area contributed by atoms with Gasteiger partial charge in [0.05, 0.1) is 0 Å². The highest BCUT2D eigenvalue weighted by atomic mass is 35.5. The van der Waals surface area contributed by atoms with Crippen LogP contribution in [-0.4, -0.2) is 11.9 Å². The van der Waals surface area contributed by atoms with E-state index in [0.717, 1.165) is 5.56 Å². The molecule has 5 heteroatoms. The fourth-order valence-corrected chi connectivity index (χ4v) is 2.14. The van der Waals surface area contributed by atoms with Gasteiger partial charge in [0.15, 0.2) is 11.0 Å². The molecule has 0 spiro atoms. The van der Waals surface area contributed by atoms with E-state index in [0.29, 0.717) is 11.4 Å². The molecule has 1 atom stereocenters. The average Bonchev–Trinajstić information content (AvgIpc) is 2.79. The third kappa shape index (κ3) is 3.75. The number of nitrogens with one attached hydrogen (secondary N) is 1. The maximum atomic E-state index is 11.8. The molecule has 0 aliphatic heterocycles. The summed E-state index contributed by atoms with van der Waals surface area (Å²) in [6.45, 7) is 1.91. The second kappa shape index (κ2) is 6.13. The largest absolute Gasteiger partial charge is 0.440 e. The van der Waals surface area contributed by atoms with Gasteiger partial charge >= 0.3 is 0 Å². The van der Waals surface area contributed by atoms with Crippen LogP contribution in [0.3, 0.4) is 0 Å². The van der Waals surface area contributed by atoms with Crippen molar-refractivity contribution in [3.05, 3.63) is 58.0 Å². The third-order valence-corrected chi connectivity index (χ3v) is 3.23. The van der Waals surface area contributed by atoms with Crippen molar-refractivity contribution in [2.24, 2.45) is 0 Å². The van der Waals surface area contributed by atoms with E-state index in [2.05, 4.69) is 5.32 Å². The molecular weight excluding hydrogens is 285 g/mol. The number of benzene rings is 1. The van der Waals surface area contributed by atoms with E-state index >= 15 is 0 Å². The van der Waals surface area contributed by atoms with E-state index in [1.807, 2.05) is 31.2 Å². The lowest BCUT2D eigenvalue weighted by Crippen LogP contribution is -2.33. The van der Waals surface area contributed by atoms with Crippen molar-refractivity contribution in [1.29, 1.82) is 0 Å². The van der Waals surface area contributed by atoms with Crippen molar-refractivity contribution >= 4 is 29.1 Å². The van der Waals surface area contributed by atoms with Crippen LogP contribution in [0.2, 0.25) is 10.2 Å². The van der Waals surface area contributed by atoms with Crippen molar-refractivity contribution in [2.75, 3.05) is 0 Å². The number of hydrogen-bond donors (Lipinski definition) is 1. The number of halogens is 2. The first-order chi connectivity index (χ1) is 9.06. The SMILES string of the molecule is CC(Cc1ccccc1Cl)NC(=O)c1ccc(Cl)o1. The molecule has 19 heavy (non-hydrogen) atoms. The number of furan rings is 1. The summed E-state index contributed by atoms with van der Waals surface area (Å²) in [6, 6.07) is 10.6. The van der Waals surface area contributed by atoms with Crippen LogP contribution in [0.5, 0.6) is 0 Å². The van der Waals surface area contributed by atoms with E-state index in [9.17, 15) is 4.79 Å². The van der Waals surface area contributed by atoms with Crippen molar-refractivity contribution in [3.8, 4) is 0 Å². The Morgan fingerprint density at radius 1 is 1.26 bits per heavy atom. The smallest absolute Gasteiger partial charge is 0.287 e. The van der Waals surface area contributed by atoms with E-state index in [1.54, 1.807) is 6.07 Å². The molecule has 1 aromatic heterocycles. The summed E-state index contributed by atoms with van der Waals surface area (Å²) in [5, 5.41) is 3.73. The fourth-order valence-electron chi connectivity index (χ4n) is 1.78. The zero-order valence-corrected chi connectivity index (χ0v) is 11.8. The van der Waals surface area contributed by atoms with Crippen LogP contribution >= 0.6 is 23.2 Å². The Kier molecular flexibility index (Phi) is 4.51. The zero-order valence-electron chi connectivity index (χ0n) is 10.3. The molecule has 2 aromatic rings. The van der Waals surface area contributed by atoms with Crippen LogP contribution in [0.1, 0.15) is 23.0 Å². The third-order valence-electron chi connectivity index (χ3n) is 2.66. The first kappa shape index (κ1) is 14.0. The number of carbonyl (C=O) groups is 1. The Labute approximate surface area is 121 Å².